The lowest BCUT2D eigenvalue weighted by Gasteiger charge is -2.02. The molecule has 26 heavy (non-hydrogen) atoms. The molecule has 3 aromatic rings. The maximum absolute atomic E-state index is 13.7. The van der Waals surface area contributed by atoms with Crippen molar-refractivity contribution in [1.29, 1.82) is 0 Å². The van der Waals surface area contributed by atoms with Crippen molar-refractivity contribution >= 4 is 29.4 Å². The number of carbonyl (C=O) groups excluding carboxylic acids is 1. The van der Waals surface area contributed by atoms with Gasteiger partial charge >= 0.3 is 0 Å². The number of H-pyrrole nitrogens is 1. The second-order valence-corrected chi connectivity index (χ2v) is 5.83. The van der Waals surface area contributed by atoms with Crippen LogP contribution in [0.2, 0.25) is 5.02 Å². The molecule has 0 spiro atoms. The zero-order valence-corrected chi connectivity index (χ0v) is 14.3. The highest BCUT2D eigenvalue weighted by atomic mass is 35.5. The number of nitrogens with zero attached hydrogens (tertiary/aromatic N) is 2. The van der Waals surface area contributed by atoms with Crippen molar-refractivity contribution in [1.82, 2.24) is 15.2 Å². The third kappa shape index (κ3) is 3.78. The van der Waals surface area contributed by atoms with E-state index in [4.69, 9.17) is 11.6 Å². The van der Waals surface area contributed by atoms with Crippen LogP contribution in [-0.4, -0.2) is 21.1 Å². The topological polar surface area (TPSA) is 70.7 Å². The molecule has 8 heteroatoms. The third-order valence-electron chi connectivity index (χ3n) is 3.67. The van der Waals surface area contributed by atoms with Crippen LogP contribution in [0.15, 0.2) is 42.7 Å². The zero-order valence-electron chi connectivity index (χ0n) is 13.6. The highest BCUT2D eigenvalue weighted by molar-refractivity contribution is 6.30. The molecular weight excluding hydrogens is 362 g/mol. The largest absolute Gasteiger partial charge is 0.305 e. The van der Waals surface area contributed by atoms with Crippen molar-refractivity contribution in [3.8, 4) is 11.3 Å². The summed E-state index contributed by atoms with van der Waals surface area (Å²) in [6.07, 6.45) is 5.55. The van der Waals surface area contributed by atoms with Gasteiger partial charge in [0.25, 0.3) is 0 Å². The van der Waals surface area contributed by atoms with Gasteiger partial charge in [-0.15, -0.1) is 0 Å². The van der Waals surface area contributed by atoms with Gasteiger partial charge in [-0.1, -0.05) is 11.6 Å². The summed E-state index contributed by atoms with van der Waals surface area (Å²) in [6, 6.07) is 5.39. The van der Waals surface area contributed by atoms with Crippen LogP contribution in [0.3, 0.4) is 0 Å². The van der Waals surface area contributed by atoms with Crippen LogP contribution in [0, 0.1) is 18.6 Å². The fourth-order valence-corrected chi connectivity index (χ4v) is 2.46. The fourth-order valence-electron chi connectivity index (χ4n) is 2.31. The van der Waals surface area contributed by atoms with Gasteiger partial charge in [-0.2, -0.15) is 5.10 Å². The van der Waals surface area contributed by atoms with Gasteiger partial charge in [0.15, 0.2) is 5.82 Å². The van der Waals surface area contributed by atoms with E-state index in [0.29, 0.717) is 5.82 Å². The van der Waals surface area contributed by atoms with E-state index in [9.17, 15) is 13.6 Å². The Labute approximate surface area is 152 Å². The Morgan fingerprint density at radius 3 is 2.69 bits per heavy atom. The fraction of sp³-hybridized carbons (Fsp3) is 0.0556. The minimum absolute atomic E-state index is 0.0849. The van der Waals surface area contributed by atoms with Crippen molar-refractivity contribution < 1.29 is 13.6 Å². The molecule has 5 nitrogen and oxygen atoms in total. The van der Waals surface area contributed by atoms with E-state index in [1.54, 1.807) is 19.3 Å². The van der Waals surface area contributed by atoms with Gasteiger partial charge < -0.3 is 5.32 Å². The summed E-state index contributed by atoms with van der Waals surface area (Å²) in [7, 11) is 0. The molecule has 0 bridgehead atoms. The molecule has 2 heterocycles. The molecule has 1 aromatic carbocycles. The number of pyridine rings is 1. The average molecular weight is 375 g/mol. The van der Waals surface area contributed by atoms with Crippen LogP contribution >= 0.6 is 11.6 Å². The number of hydrogen-bond acceptors (Lipinski definition) is 3. The minimum atomic E-state index is -0.765. The highest BCUT2D eigenvalue weighted by Crippen LogP contribution is 2.25. The van der Waals surface area contributed by atoms with E-state index in [1.807, 2.05) is 12.1 Å². The summed E-state index contributed by atoms with van der Waals surface area (Å²) in [6.45, 7) is 1.80. The summed E-state index contributed by atoms with van der Waals surface area (Å²) in [5.74, 6) is -1.68. The van der Waals surface area contributed by atoms with E-state index >= 15 is 0 Å². The third-order valence-corrected chi connectivity index (χ3v) is 3.96. The molecular formula is C18H13ClF2N4O. The van der Waals surface area contributed by atoms with Crippen LogP contribution in [0.1, 0.15) is 11.1 Å². The number of rotatable bonds is 4. The van der Waals surface area contributed by atoms with Crippen molar-refractivity contribution in [2.75, 3.05) is 5.32 Å². The van der Waals surface area contributed by atoms with Crippen molar-refractivity contribution in [2.45, 2.75) is 6.92 Å². The number of halogens is 3. The quantitative estimate of drug-likeness (QED) is 0.526. The molecule has 0 aliphatic rings. The number of aromatic amines is 1. The van der Waals surface area contributed by atoms with E-state index in [-0.39, 0.29) is 10.6 Å². The first-order chi connectivity index (χ1) is 12.5. The molecule has 0 saturated heterocycles. The number of benzene rings is 1. The van der Waals surface area contributed by atoms with Crippen molar-refractivity contribution in [2.24, 2.45) is 0 Å². The average Bonchev–Trinajstić information content (AvgIpc) is 2.98. The van der Waals surface area contributed by atoms with Gasteiger partial charge in [-0.25, -0.2) is 8.78 Å². The van der Waals surface area contributed by atoms with E-state index in [1.165, 1.54) is 0 Å². The first-order valence-electron chi connectivity index (χ1n) is 7.54. The first kappa shape index (κ1) is 17.8. The molecule has 2 aromatic heterocycles. The smallest absolute Gasteiger partial charge is 0.249 e. The lowest BCUT2D eigenvalue weighted by molar-refractivity contribution is -0.111. The molecule has 0 saturated carbocycles. The van der Waals surface area contributed by atoms with E-state index < -0.39 is 17.5 Å². The van der Waals surface area contributed by atoms with Crippen LogP contribution in [0.25, 0.3) is 17.3 Å². The summed E-state index contributed by atoms with van der Waals surface area (Å²) in [5.41, 5.74) is 2.28. The Morgan fingerprint density at radius 2 is 1.96 bits per heavy atom. The predicted molar refractivity (Wildman–Crippen MR) is 95.6 cm³/mol. The zero-order chi connectivity index (χ0) is 18.7. The van der Waals surface area contributed by atoms with Crippen LogP contribution in [-0.2, 0) is 4.79 Å². The summed E-state index contributed by atoms with van der Waals surface area (Å²) < 4.78 is 27.1. The van der Waals surface area contributed by atoms with Crippen LogP contribution < -0.4 is 5.32 Å². The number of hydrogen-bond donors (Lipinski definition) is 2. The van der Waals surface area contributed by atoms with Crippen molar-refractivity contribution in [3.63, 3.8) is 0 Å². The molecule has 0 aliphatic carbocycles. The van der Waals surface area contributed by atoms with Gasteiger partial charge in [0.2, 0.25) is 5.91 Å². The number of carbonyl (C=O) groups is 1. The second kappa shape index (κ2) is 7.45. The summed E-state index contributed by atoms with van der Waals surface area (Å²) in [4.78, 5) is 16.0. The first-order valence-corrected chi connectivity index (χ1v) is 7.92. The molecule has 1 amide bonds. The van der Waals surface area contributed by atoms with Gasteiger partial charge in [0.1, 0.15) is 11.6 Å². The van der Waals surface area contributed by atoms with Gasteiger partial charge in [-0.05, 0) is 37.3 Å². The van der Waals surface area contributed by atoms with Gasteiger partial charge in [0.05, 0.1) is 10.7 Å². The number of nitrogens with one attached hydrogen (secondary N) is 2. The summed E-state index contributed by atoms with van der Waals surface area (Å²) >= 11 is 5.49. The van der Waals surface area contributed by atoms with E-state index in [2.05, 4.69) is 20.5 Å². The Hall–Kier alpha value is -3.06. The monoisotopic (exact) mass is 374 g/mol. The molecule has 132 valence electrons. The SMILES string of the molecule is Cc1c(NC(=O)C=Cc2cc(F)c(Cl)cc2F)n[nH]c1-c1ccncc1. The maximum atomic E-state index is 13.7. The van der Waals surface area contributed by atoms with Gasteiger partial charge in [-0.3, -0.25) is 14.9 Å². The minimum Gasteiger partial charge on any atom is -0.305 e. The number of anilines is 1. The molecule has 0 aliphatic heterocycles. The Morgan fingerprint density at radius 1 is 1.23 bits per heavy atom. The molecule has 2 N–H and O–H groups in total. The lowest BCUT2D eigenvalue weighted by atomic mass is 10.1. The predicted octanol–water partition coefficient (Wildman–Crippen LogP) is 4.36. The Bertz CT molecular complexity index is 986. The Kier molecular flexibility index (Phi) is 5.09. The van der Waals surface area contributed by atoms with Crippen LogP contribution in [0.5, 0.6) is 0 Å². The second-order valence-electron chi connectivity index (χ2n) is 5.42. The highest BCUT2D eigenvalue weighted by Gasteiger charge is 2.12. The lowest BCUT2D eigenvalue weighted by Crippen LogP contribution is -2.09. The molecule has 0 fully saturated rings. The molecule has 3 rings (SSSR count). The van der Waals surface area contributed by atoms with Crippen molar-refractivity contribution in [3.05, 3.63) is 70.5 Å². The Balaban J connectivity index is 1.75. The number of aromatic nitrogens is 3. The molecule has 0 radical (unpaired) electrons. The summed E-state index contributed by atoms with van der Waals surface area (Å²) in [5, 5.41) is 9.19. The van der Waals surface area contributed by atoms with Crippen LogP contribution in [0.4, 0.5) is 14.6 Å². The molecule has 0 atom stereocenters. The molecule has 0 unspecified atom stereocenters. The van der Waals surface area contributed by atoms with E-state index in [0.717, 1.165) is 41.1 Å². The number of amides is 1. The standard InChI is InChI=1S/C18H13ClF2N4O/c1-10-17(11-4-6-22-7-5-11)24-25-18(10)23-16(26)3-2-12-8-15(21)13(19)9-14(12)20/h2-9H,1H3,(H2,23,24,25,26). The maximum Gasteiger partial charge on any atom is 0.249 e. The normalized spacial score (nSPS) is 11.1. The van der Waals surface area contributed by atoms with Gasteiger partial charge in [0, 0.05) is 35.2 Å².